The van der Waals surface area contributed by atoms with E-state index in [1.54, 1.807) is 6.07 Å². The second-order valence-electron chi connectivity index (χ2n) is 9.18. The standard InChI is InChI=1S/C25H33NO5/c1-3-4-7-18-14-23(28)31-24-17(2)21(10-9-20(18)24)30-16-22(27)26-13-12-25(29)11-6-5-8-19(25)15-26/h9-10,14,19,29H,3-8,11-13,15-16H2,1-2H3/t19-,25+/m0/s1. The van der Waals surface area contributed by atoms with Crippen LogP contribution in [0.25, 0.3) is 11.0 Å². The van der Waals surface area contributed by atoms with Gasteiger partial charge in [0.2, 0.25) is 0 Å². The third-order valence-corrected chi connectivity index (χ3v) is 7.13. The Morgan fingerprint density at radius 3 is 2.97 bits per heavy atom. The highest BCUT2D eigenvalue weighted by Crippen LogP contribution is 2.39. The van der Waals surface area contributed by atoms with Crippen LogP contribution < -0.4 is 10.4 Å². The predicted molar refractivity (Wildman–Crippen MR) is 119 cm³/mol. The highest BCUT2D eigenvalue weighted by atomic mass is 16.5. The quantitative estimate of drug-likeness (QED) is 0.706. The number of aryl methyl sites for hydroxylation is 2. The molecule has 1 aromatic carbocycles. The van der Waals surface area contributed by atoms with E-state index in [0.717, 1.165) is 61.5 Å². The van der Waals surface area contributed by atoms with E-state index in [9.17, 15) is 14.7 Å². The number of hydrogen-bond acceptors (Lipinski definition) is 5. The summed E-state index contributed by atoms with van der Waals surface area (Å²) in [6.07, 6.45) is 7.55. The minimum atomic E-state index is -0.599. The number of fused-ring (bicyclic) bond motifs is 2. The molecule has 4 rings (SSSR count). The van der Waals surface area contributed by atoms with Gasteiger partial charge < -0.3 is 19.2 Å². The molecule has 6 heteroatoms. The molecule has 1 saturated heterocycles. The molecule has 168 valence electrons. The van der Waals surface area contributed by atoms with Crippen LogP contribution in [0.4, 0.5) is 0 Å². The van der Waals surface area contributed by atoms with Crippen LogP contribution in [0.2, 0.25) is 0 Å². The van der Waals surface area contributed by atoms with Crippen LogP contribution in [-0.4, -0.2) is 41.2 Å². The Bertz CT molecular complexity index is 1010. The first-order valence-electron chi connectivity index (χ1n) is 11.6. The Kier molecular flexibility index (Phi) is 6.37. The normalized spacial score (nSPS) is 23.6. The molecular weight excluding hydrogens is 394 g/mol. The van der Waals surface area contributed by atoms with Gasteiger partial charge in [-0.1, -0.05) is 26.2 Å². The molecule has 2 heterocycles. The summed E-state index contributed by atoms with van der Waals surface area (Å²) in [5, 5.41) is 11.8. The number of aliphatic hydroxyl groups is 1. The van der Waals surface area contributed by atoms with Crippen LogP contribution in [0, 0.1) is 12.8 Å². The monoisotopic (exact) mass is 427 g/mol. The molecule has 1 amide bonds. The molecule has 1 N–H and O–H groups in total. The largest absolute Gasteiger partial charge is 0.483 e. The number of carbonyl (C=O) groups is 1. The fourth-order valence-electron chi connectivity index (χ4n) is 5.17. The molecule has 1 saturated carbocycles. The maximum absolute atomic E-state index is 12.8. The molecule has 0 unspecified atom stereocenters. The maximum Gasteiger partial charge on any atom is 0.336 e. The van der Waals surface area contributed by atoms with Crippen molar-refractivity contribution in [2.45, 2.75) is 70.8 Å². The zero-order valence-electron chi connectivity index (χ0n) is 18.6. The second-order valence-corrected chi connectivity index (χ2v) is 9.18. The van der Waals surface area contributed by atoms with Crippen LogP contribution in [0.5, 0.6) is 5.75 Å². The van der Waals surface area contributed by atoms with Gasteiger partial charge in [-0.2, -0.15) is 0 Å². The average molecular weight is 428 g/mol. The maximum atomic E-state index is 12.8. The highest BCUT2D eigenvalue weighted by molar-refractivity contribution is 5.85. The number of carbonyl (C=O) groups excluding carboxylic acids is 1. The van der Waals surface area contributed by atoms with Crippen molar-refractivity contribution in [2.75, 3.05) is 19.7 Å². The fourth-order valence-corrected chi connectivity index (χ4v) is 5.17. The summed E-state index contributed by atoms with van der Waals surface area (Å²) in [4.78, 5) is 26.7. The van der Waals surface area contributed by atoms with Crippen molar-refractivity contribution >= 4 is 16.9 Å². The lowest BCUT2D eigenvalue weighted by molar-refractivity contribution is -0.145. The smallest absolute Gasteiger partial charge is 0.336 e. The molecular formula is C25H33NO5. The van der Waals surface area contributed by atoms with Crippen LogP contribution in [0.3, 0.4) is 0 Å². The minimum Gasteiger partial charge on any atom is -0.483 e. The summed E-state index contributed by atoms with van der Waals surface area (Å²) in [5.74, 6) is 0.658. The van der Waals surface area contributed by atoms with Crippen molar-refractivity contribution in [1.82, 2.24) is 4.90 Å². The van der Waals surface area contributed by atoms with Crippen molar-refractivity contribution in [2.24, 2.45) is 5.92 Å². The Morgan fingerprint density at radius 2 is 2.16 bits per heavy atom. The molecule has 0 radical (unpaired) electrons. The van der Waals surface area contributed by atoms with Gasteiger partial charge >= 0.3 is 5.63 Å². The molecule has 0 spiro atoms. The molecule has 6 nitrogen and oxygen atoms in total. The topological polar surface area (TPSA) is 80.0 Å². The van der Waals surface area contributed by atoms with Gasteiger partial charge in [0.25, 0.3) is 5.91 Å². The van der Waals surface area contributed by atoms with Crippen LogP contribution in [-0.2, 0) is 11.2 Å². The third-order valence-electron chi connectivity index (χ3n) is 7.13. The van der Waals surface area contributed by atoms with E-state index in [4.69, 9.17) is 9.15 Å². The van der Waals surface area contributed by atoms with Crippen LogP contribution >= 0.6 is 0 Å². The summed E-state index contributed by atoms with van der Waals surface area (Å²) in [6, 6.07) is 5.35. The van der Waals surface area contributed by atoms with Crippen molar-refractivity contribution < 1.29 is 19.1 Å². The van der Waals surface area contributed by atoms with E-state index in [-0.39, 0.29) is 24.1 Å². The lowest BCUT2D eigenvalue weighted by Gasteiger charge is -2.47. The number of hydrogen-bond donors (Lipinski definition) is 1. The molecule has 1 aliphatic heterocycles. The SMILES string of the molecule is CCCCc1cc(=O)oc2c(C)c(OCC(=O)N3CC[C@]4(O)CCCC[C@H]4C3)ccc12. The van der Waals surface area contributed by atoms with Crippen molar-refractivity contribution in [3.63, 3.8) is 0 Å². The summed E-state index contributed by atoms with van der Waals surface area (Å²) in [6.45, 7) is 5.10. The van der Waals surface area contributed by atoms with E-state index in [1.165, 1.54) is 0 Å². The van der Waals surface area contributed by atoms with Gasteiger partial charge in [0, 0.05) is 36.0 Å². The van der Waals surface area contributed by atoms with Crippen LogP contribution in [0.15, 0.2) is 27.4 Å². The van der Waals surface area contributed by atoms with E-state index < -0.39 is 5.60 Å². The molecule has 0 bridgehead atoms. The first-order valence-corrected chi connectivity index (χ1v) is 11.6. The van der Waals surface area contributed by atoms with Crippen LogP contribution in [0.1, 0.15) is 63.0 Å². The Morgan fingerprint density at radius 1 is 1.32 bits per heavy atom. The third kappa shape index (κ3) is 4.49. The van der Waals surface area contributed by atoms with Crippen molar-refractivity contribution in [3.05, 3.63) is 39.7 Å². The van der Waals surface area contributed by atoms with Gasteiger partial charge in [0.1, 0.15) is 11.3 Å². The zero-order valence-corrected chi connectivity index (χ0v) is 18.6. The molecule has 1 aliphatic carbocycles. The first kappa shape index (κ1) is 21.9. The lowest BCUT2D eigenvalue weighted by atomic mass is 9.71. The van der Waals surface area contributed by atoms with Gasteiger partial charge in [-0.05, 0) is 56.7 Å². The van der Waals surface area contributed by atoms with Crippen molar-refractivity contribution in [3.8, 4) is 5.75 Å². The number of amides is 1. The second kappa shape index (κ2) is 9.03. The summed E-state index contributed by atoms with van der Waals surface area (Å²) in [7, 11) is 0. The average Bonchev–Trinajstić information content (AvgIpc) is 2.76. The summed E-state index contributed by atoms with van der Waals surface area (Å²) in [5.41, 5.74) is 1.31. The molecule has 31 heavy (non-hydrogen) atoms. The molecule has 2 aliphatic rings. The Balaban J connectivity index is 1.46. The van der Waals surface area contributed by atoms with E-state index in [0.29, 0.717) is 30.8 Å². The summed E-state index contributed by atoms with van der Waals surface area (Å²) < 4.78 is 11.4. The van der Waals surface area contributed by atoms with Crippen molar-refractivity contribution in [1.29, 1.82) is 0 Å². The van der Waals surface area contributed by atoms with E-state index in [2.05, 4.69) is 6.92 Å². The zero-order chi connectivity index (χ0) is 22.0. The highest BCUT2D eigenvalue weighted by Gasteiger charge is 2.43. The lowest BCUT2D eigenvalue weighted by Crippen LogP contribution is -2.55. The minimum absolute atomic E-state index is 0.0583. The number of unbranched alkanes of at least 4 members (excludes halogenated alkanes) is 1. The van der Waals surface area contributed by atoms with Gasteiger partial charge in [0.05, 0.1) is 5.60 Å². The fraction of sp³-hybridized carbons (Fsp3) is 0.600. The van der Waals surface area contributed by atoms with Gasteiger partial charge in [-0.15, -0.1) is 0 Å². The Hall–Kier alpha value is -2.34. The van der Waals surface area contributed by atoms with E-state index >= 15 is 0 Å². The molecule has 1 aromatic heterocycles. The van der Waals surface area contributed by atoms with Gasteiger partial charge in [0.15, 0.2) is 6.61 Å². The molecule has 2 fully saturated rings. The van der Waals surface area contributed by atoms with Gasteiger partial charge in [-0.3, -0.25) is 4.79 Å². The first-order chi connectivity index (χ1) is 14.9. The van der Waals surface area contributed by atoms with E-state index in [1.807, 2.05) is 24.0 Å². The number of rotatable bonds is 6. The number of benzene rings is 1. The summed E-state index contributed by atoms with van der Waals surface area (Å²) >= 11 is 0. The number of piperidine rings is 1. The predicted octanol–water partition coefficient (Wildman–Crippen LogP) is 3.98. The molecule has 2 aromatic rings. The molecule has 2 atom stereocenters. The number of likely N-dealkylation sites (tertiary alicyclic amines) is 1. The number of ether oxygens (including phenoxy) is 1. The van der Waals surface area contributed by atoms with Gasteiger partial charge in [-0.25, -0.2) is 4.79 Å². The Labute approximate surface area is 183 Å². The number of nitrogens with zero attached hydrogens (tertiary/aromatic N) is 1.